The van der Waals surface area contributed by atoms with Crippen molar-refractivity contribution in [3.63, 3.8) is 0 Å². The summed E-state index contributed by atoms with van der Waals surface area (Å²) >= 11 is 0. The highest BCUT2D eigenvalue weighted by atomic mass is 16.3. The summed E-state index contributed by atoms with van der Waals surface area (Å²) in [5.74, 6) is 0.962. The first-order valence-corrected chi connectivity index (χ1v) is 6.93. The second-order valence-corrected chi connectivity index (χ2v) is 6.24. The lowest BCUT2D eigenvalue weighted by atomic mass is 10.1. The molecule has 0 radical (unpaired) electrons. The number of nitrogens with zero attached hydrogens (tertiary/aromatic N) is 3. The molecule has 4 heteroatoms. The Labute approximate surface area is 119 Å². The lowest BCUT2D eigenvalue weighted by Gasteiger charge is -2.25. The van der Waals surface area contributed by atoms with Gasteiger partial charge in [0.15, 0.2) is 0 Å². The van der Waals surface area contributed by atoms with E-state index in [0.29, 0.717) is 12.0 Å². The first-order valence-electron chi connectivity index (χ1n) is 6.93. The van der Waals surface area contributed by atoms with Crippen LogP contribution in [-0.4, -0.2) is 20.8 Å². The lowest BCUT2D eigenvalue weighted by molar-refractivity contribution is 0.183. The number of aliphatic hydroxyl groups excluding tert-OH is 1. The molecular weight excluding hydrogens is 250 g/mol. The first kappa shape index (κ1) is 14.5. The number of fused-ring (bicyclic) bond motifs is 1. The van der Waals surface area contributed by atoms with Crippen LogP contribution in [0.5, 0.6) is 0 Å². The average Bonchev–Trinajstić information content (AvgIpc) is 2.73. The summed E-state index contributed by atoms with van der Waals surface area (Å²) < 4.78 is 2.20. The predicted octanol–water partition coefficient (Wildman–Crippen LogP) is 2.98. The molecule has 2 rings (SSSR count). The molecular formula is C16H21N3O. The lowest BCUT2D eigenvalue weighted by Crippen LogP contribution is -2.24. The molecule has 20 heavy (non-hydrogen) atoms. The minimum absolute atomic E-state index is 0.0864. The Hall–Kier alpha value is -1.86. The highest BCUT2D eigenvalue weighted by Crippen LogP contribution is 2.26. The Balaban J connectivity index is 2.57. The van der Waals surface area contributed by atoms with Gasteiger partial charge < -0.3 is 9.67 Å². The molecule has 0 spiro atoms. The molecule has 0 aliphatic rings. The van der Waals surface area contributed by atoms with Gasteiger partial charge in [0.25, 0.3) is 0 Å². The molecule has 0 aliphatic carbocycles. The zero-order valence-corrected chi connectivity index (χ0v) is 12.5. The van der Waals surface area contributed by atoms with Gasteiger partial charge in [-0.1, -0.05) is 0 Å². The van der Waals surface area contributed by atoms with Crippen LogP contribution < -0.4 is 0 Å². The zero-order valence-electron chi connectivity index (χ0n) is 12.5. The highest BCUT2D eigenvalue weighted by Gasteiger charge is 2.21. The summed E-state index contributed by atoms with van der Waals surface area (Å²) in [6.07, 6.45) is 1.08. The molecule has 4 nitrogen and oxygen atoms in total. The maximum absolute atomic E-state index is 9.48. The van der Waals surface area contributed by atoms with E-state index in [9.17, 15) is 5.11 Å². The van der Waals surface area contributed by atoms with Crippen LogP contribution in [0, 0.1) is 11.3 Å². The minimum Gasteiger partial charge on any atom is -0.393 e. The smallest absolute Gasteiger partial charge is 0.110 e. The van der Waals surface area contributed by atoms with Gasteiger partial charge in [-0.25, -0.2) is 4.98 Å². The van der Waals surface area contributed by atoms with Crippen LogP contribution in [0.15, 0.2) is 18.2 Å². The van der Waals surface area contributed by atoms with Crippen molar-refractivity contribution in [2.24, 2.45) is 0 Å². The Morgan fingerprint density at radius 1 is 1.40 bits per heavy atom. The Kier molecular flexibility index (Phi) is 3.82. The standard InChI is InChI=1S/C16H21N3O/c1-11(20)5-8-15-18-13-9-12(10-17)6-7-14(13)19(15)16(2,3)4/h6-7,9,11,20H,5,8H2,1-4H3. The van der Waals surface area contributed by atoms with Gasteiger partial charge in [0.2, 0.25) is 0 Å². The normalized spacial score (nSPS) is 13.4. The van der Waals surface area contributed by atoms with Crippen LogP contribution in [0.25, 0.3) is 11.0 Å². The number of rotatable bonds is 3. The van der Waals surface area contributed by atoms with E-state index in [-0.39, 0.29) is 11.6 Å². The molecule has 1 atom stereocenters. The van der Waals surface area contributed by atoms with E-state index in [0.717, 1.165) is 23.3 Å². The molecule has 1 unspecified atom stereocenters. The van der Waals surface area contributed by atoms with Crippen molar-refractivity contribution in [1.29, 1.82) is 5.26 Å². The number of aryl methyl sites for hydroxylation is 1. The van der Waals surface area contributed by atoms with E-state index in [1.54, 1.807) is 6.92 Å². The molecule has 0 aliphatic heterocycles. The number of benzene rings is 1. The number of aromatic nitrogens is 2. The van der Waals surface area contributed by atoms with E-state index in [1.165, 1.54) is 0 Å². The topological polar surface area (TPSA) is 61.8 Å². The van der Waals surface area contributed by atoms with Crippen LogP contribution in [0.1, 0.15) is 45.5 Å². The Morgan fingerprint density at radius 2 is 2.10 bits per heavy atom. The van der Waals surface area contributed by atoms with Crippen molar-refractivity contribution in [3.05, 3.63) is 29.6 Å². The maximum Gasteiger partial charge on any atom is 0.110 e. The first-order chi connectivity index (χ1) is 9.32. The van der Waals surface area contributed by atoms with Crippen LogP contribution in [0.4, 0.5) is 0 Å². The van der Waals surface area contributed by atoms with Gasteiger partial charge in [0, 0.05) is 12.0 Å². The van der Waals surface area contributed by atoms with Gasteiger partial charge in [-0.05, 0) is 52.3 Å². The summed E-state index contributed by atoms with van der Waals surface area (Å²) in [5, 5.41) is 18.5. The van der Waals surface area contributed by atoms with Crippen molar-refractivity contribution >= 4 is 11.0 Å². The van der Waals surface area contributed by atoms with Crippen molar-refractivity contribution in [2.45, 2.75) is 52.2 Å². The molecule has 0 saturated heterocycles. The van der Waals surface area contributed by atoms with E-state index in [1.807, 2.05) is 18.2 Å². The summed E-state index contributed by atoms with van der Waals surface area (Å²) in [5.41, 5.74) is 2.42. The number of hydrogen-bond acceptors (Lipinski definition) is 3. The third-order valence-electron chi connectivity index (χ3n) is 3.31. The van der Waals surface area contributed by atoms with Gasteiger partial charge in [0.05, 0.1) is 28.8 Å². The molecule has 1 N–H and O–H groups in total. The molecule has 1 aromatic heterocycles. The van der Waals surface area contributed by atoms with Crippen molar-refractivity contribution in [3.8, 4) is 6.07 Å². The maximum atomic E-state index is 9.48. The molecule has 0 saturated carbocycles. The molecule has 0 fully saturated rings. The molecule has 0 bridgehead atoms. The number of aliphatic hydroxyl groups is 1. The second-order valence-electron chi connectivity index (χ2n) is 6.24. The van der Waals surface area contributed by atoms with Gasteiger partial charge in [-0.15, -0.1) is 0 Å². The van der Waals surface area contributed by atoms with Crippen molar-refractivity contribution < 1.29 is 5.11 Å². The zero-order chi connectivity index (χ0) is 14.9. The fourth-order valence-corrected chi connectivity index (χ4v) is 2.45. The number of hydrogen-bond donors (Lipinski definition) is 1. The molecule has 0 amide bonds. The molecule has 1 aromatic carbocycles. The quantitative estimate of drug-likeness (QED) is 0.933. The van der Waals surface area contributed by atoms with Gasteiger partial charge in [0.1, 0.15) is 5.82 Å². The molecule has 1 heterocycles. The third kappa shape index (κ3) is 2.83. The predicted molar refractivity (Wildman–Crippen MR) is 79.4 cm³/mol. The molecule has 106 valence electrons. The summed E-state index contributed by atoms with van der Waals surface area (Å²) in [7, 11) is 0. The van der Waals surface area contributed by atoms with E-state index >= 15 is 0 Å². The molecule has 2 aromatic rings. The van der Waals surface area contributed by atoms with Crippen molar-refractivity contribution in [1.82, 2.24) is 9.55 Å². The van der Waals surface area contributed by atoms with Gasteiger partial charge in [-0.2, -0.15) is 5.26 Å². The van der Waals surface area contributed by atoms with Crippen LogP contribution in [-0.2, 0) is 12.0 Å². The second kappa shape index (κ2) is 5.26. The van der Waals surface area contributed by atoms with Gasteiger partial charge in [-0.3, -0.25) is 0 Å². The van der Waals surface area contributed by atoms with E-state index in [2.05, 4.69) is 36.4 Å². The average molecular weight is 271 g/mol. The largest absolute Gasteiger partial charge is 0.393 e. The van der Waals surface area contributed by atoms with Crippen LogP contribution in [0.2, 0.25) is 0 Å². The number of nitriles is 1. The van der Waals surface area contributed by atoms with Gasteiger partial charge >= 0.3 is 0 Å². The van der Waals surface area contributed by atoms with E-state index in [4.69, 9.17) is 5.26 Å². The minimum atomic E-state index is -0.335. The Morgan fingerprint density at radius 3 is 2.65 bits per heavy atom. The van der Waals surface area contributed by atoms with Crippen molar-refractivity contribution in [2.75, 3.05) is 0 Å². The van der Waals surface area contributed by atoms with Crippen LogP contribution >= 0.6 is 0 Å². The monoisotopic (exact) mass is 271 g/mol. The van der Waals surface area contributed by atoms with Crippen LogP contribution in [0.3, 0.4) is 0 Å². The highest BCUT2D eigenvalue weighted by molar-refractivity contribution is 5.78. The fraction of sp³-hybridized carbons (Fsp3) is 0.500. The number of imidazole rings is 1. The fourth-order valence-electron chi connectivity index (χ4n) is 2.45. The Bertz CT molecular complexity index is 657. The summed E-state index contributed by atoms with van der Waals surface area (Å²) in [4.78, 5) is 4.66. The SMILES string of the molecule is CC(O)CCc1nc2cc(C#N)ccc2n1C(C)(C)C. The third-order valence-corrected chi connectivity index (χ3v) is 3.31. The summed E-state index contributed by atoms with van der Waals surface area (Å²) in [6, 6.07) is 7.75. The van der Waals surface area contributed by atoms with E-state index < -0.39 is 0 Å². The summed E-state index contributed by atoms with van der Waals surface area (Å²) in [6.45, 7) is 8.20.